The SMILES string of the molecule is COc1ccccc1Cc1ccc([N+](=O)[O-])c(C(O)c2c(I)cnn2C)c1. The van der Waals surface area contributed by atoms with E-state index in [2.05, 4.69) is 27.7 Å². The van der Waals surface area contributed by atoms with Crippen molar-refractivity contribution in [2.24, 2.45) is 7.05 Å². The summed E-state index contributed by atoms with van der Waals surface area (Å²) in [6.45, 7) is 0. The highest BCUT2D eigenvalue weighted by Crippen LogP contribution is 2.33. The lowest BCUT2D eigenvalue weighted by molar-refractivity contribution is -0.386. The number of hydrogen-bond donors (Lipinski definition) is 1. The van der Waals surface area contributed by atoms with Crippen LogP contribution in [0.5, 0.6) is 5.75 Å². The van der Waals surface area contributed by atoms with Gasteiger partial charge in [-0.25, -0.2) is 0 Å². The average Bonchev–Trinajstić information content (AvgIpc) is 2.99. The van der Waals surface area contributed by atoms with Gasteiger partial charge in [-0.2, -0.15) is 5.10 Å². The Morgan fingerprint density at radius 1 is 1.33 bits per heavy atom. The first kappa shape index (κ1) is 19.3. The zero-order valence-electron chi connectivity index (χ0n) is 14.8. The van der Waals surface area contributed by atoms with Crippen molar-refractivity contribution in [3.8, 4) is 5.75 Å². The monoisotopic (exact) mass is 479 g/mol. The predicted octanol–water partition coefficient (Wildman–Crippen LogP) is 3.61. The van der Waals surface area contributed by atoms with Crippen LogP contribution in [0.25, 0.3) is 0 Å². The lowest BCUT2D eigenvalue weighted by Gasteiger charge is -2.15. The van der Waals surface area contributed by atoms with Crippen LogP contribution in [0.3, 0.4) is 0 Å². The highest BCUT2D eigenvalue weighted by molar-refractivity contribution is 14.1. The molecule has 8 heteroatoms. The van der Waals surface area contributed by atoms with Crippen molar-refractivity contribution in [1.29, 1.82) is 0 Å². The molecule has 3 aromatic rings. The molecule has 3 rings (SSSR count). The number of nitro groups is 1. The molecule has 1 aromatic heterocycles. The van der Waals surface area contributed by atoms with Crippen LogP contribution in [0.1, 0.15) is 28.5 Å². The fourth-order valence-electron chi connectivity index (χ4n) is 3.04. The lowest BCUT2D eigenvalue weighted by Crippen LogP contribution is -2.11. The molecule has 2 aromatic carbocycles. The number of para-hydroxylation sites is 1. The van der Waals surface area contributed by atoms with Crippen molar-refractivity contribution in [2.45, 2.75) is 12.5 Å². The zero-order valence-corrected chi connectivity index (χ0v) is 17.0. The molecule has 0 aliphatic carbocycles. The predicted molar refractivity (Wildman–Crippen MR) is 109 cm³/mol. The number of aliphatic hydroxyl groups is 1. The van der Waals surface area contributed by atoms with Gasteiger partial charge in [0.1, 0.15) is 11.9 Å². The number of benzene rings is 2. The largest absolute Gasteiger partial charge is 0.496 e. The molecular weight excluding hydrogens is 461 g/mol. The Bertz CT molecular complexity index is 967. The molecule has 0 spiro atoms. The Balaban J connectivity index is 2.04. The van der Waals surface area contributed by atoms with Gasteiger partial charge in [-0.1, -0.05) is 24.3 Å². The second kappa shape index (κ2) is 8.05. The number of halogens is 1. The van der Waals surface area contributed by atoms with Crippen LogP contribution in [0, 0.1) is 13.7 Å². The van der Waals surface area contributed by atoms with Crippen LogP contribution >= 0.6 is 22.6 Å². The summed E-state index contributed by atoms with van der Waals surface area (Å²) < 4.78 is 7.65. The van der Waals surface area contributed by atoms with Gasteiger partial charge in [0.2, 0.25) is 0 Å². The molecule has 0 radical (unpaired) electrons. The number of nitrogens with zero attached hydrogens (tertiary/aromatic N) is 3. The lowest BCUT2D eigenvalue weighted by atomic mass is 9.97. The molecule has 1 N–H and O–H groups in total. The summed E-state index contributed by atoms with van der Waals surface area (Å²) in [6.07, 6.45) is 0.996. The molecule has 0 fully saturated rings. The van der Waals surface area contributed by atoms with Crippen LogP contribution in [0.15, 0.2) is 48.7 Å². The minimum absolute atomic E-state index is 0.122. The molecule has 0 aliphatic heterocycles. The standard InChI is InChI=1S/C19H18IN3O4/c1-22-18(15(20)11-21-22)19(24)14-10-12(7-8-16(14)23(25)26)9-13-5-3-4-6-17(13)27-2/h3-8,10-11,19,24H,9H2,1-2H3. The average molecular weight is 479 g/mol. The molecule has 0 amide bonds. The Labute approximate surface area is 169 Å². The van der Waals surface area contributed by atoms with Crippen molar-refractivity contribution in [3.05, 3.63) is 84.7 Å². The van der Waals surface area contributed by atoms with Gasteiger partial charge in [0.05, 0.1) is 33.1 Å². The van der Waals surface area contributed by atoms with E-state index in [0.717, 1.165) is 20.4 Å². The molecule has 27 heavy (non-hydrogen) atoms. The third kappa shape index (κ3) is 3.96. The van der Waals surface area contributed by atoms with E-state index >= 15 is 0 Å². The maximum absolute atomic E-state index is 11.5. The molecule has 1 unspecified atom stereocenters. The van der Waals surface area contributed by atoms with E-state index in [0.29, 0.717) is 12.1 Å². The van der Waals surface area contributed by atoms with E-state index in [-0.39, 0.29) is 11.3 Å². The second-order valence-electron chi connectivity index (χ2n) is 6.04. The third-order valence-electron chi connectivity index (χ3n) is 4.37. The number of aliphatic hydroxyl groups excluding tert-OH is 1. The van der Waals surface area contributed by atoms with Crippen molar-refractivity contribution in [1.82, 2.24) is 9.78 Å². The summed E-state index contributed by atoms with van der Waals surface area (Å²) in [5, 5.41) is 26.5. The maximum atomic E-state index is 11.5. The Morgan fingerprint density at radius 2 is 2.07 bits per heavy atom. The van der Waals surface area contributed by atoms with Crippen molar-refractivity contribution in [2.75, 3.05) is 7.11 Å². The summed E-state index contributed by atoms with van der Waals surface area (Å²) >= 11 is 2.06. The van der Waals surface area contributed by atoms with Gasteiger partial charge in [0.15, 0.2) is 0 Å². The Kier molecular flexibility index (Phi) is 5.76. The molecule has 1 atom stereocenters. The van der Waals surface area contributed by atoms with Gasteiger partial charge in [-0.3, -0.25) is 14.8 Å². The first-order valence-corrected chi connectivity index (χ1v) is 9.24. The zero-order chi connectivity index (χ0) is 19.6. The molecular formula is C19H18IN3O4. The molecule has 140 valence electrons. The fraction of sp³-hybridized carbons (Fsp3) is 0.211. The fourth-order valence-corrected chi connectivity index (χ4v) is 3.81. The number of methoxy groups -OCH3 is 1. The highest BCUT2D eigenvalue weighted by atomic mass is 127. The van der Waals surface area contributed by atoms with E-state index in [1.807, 2.05) is 24.3 Å². The topological polar surface area (TPSA) is 90.4 Å². The number of nitro benzene ring substituents is 1. The van der Waals surface area contributed by atoms with Gasteiger partial charge in [0.25, 0.3) is 5.69 Å². The van der Waals surface area contributed by atoms with Crippen molar-refractivity contribution in [3.63, 3.8) is 0 Å². The number of ether oxygens (including phenoxy) is 1. The summed E-state index contributed by atoms with van der Waals surface area (Å²) in [4.78, 5) is 11.0. The normalized spacial score (nSPS) is 12.0. The smallest absolute Gasteiger partial charge is 0.275 e. The first-order chi connectivity index (χ1) is 12.9. The van der Waals surface area contributed by atoms with E-state index in [1.54, 1.807) is 32.5 Å². The van der Waals surface area contributed by atoms with Crippen LogP contribution in [0.4, 0.5) is 5.69 Å². The molecule has 0 saturated carbocycles. The minimum Gasteiger partial charge on any atom is -0.496 e. The number of aromatic nitrogens is 2. The van der Waals surface area contributed by atoms with Crippen LogP contribution < -0.4 is 4.74 Å². The van der Waals surface area contributed by atoms with Gasteiger partial charge >= 0.3 is 0 Å². The third-order valence-corrected chi connectivity index (χ3v) is 5.20. The summed E-state index contributed by atoms with van der Waals surface area (Å²) in [5.74, 6) is 0.749. The van der Waals surface area contributed by atoms with E-state index in [4.69, 9.17) is 4.74 Å². The van der Waals surface area contributed by atoms with Gasteiger partial charge < -0.3 is 9.84 Å². The highest BCUT2D eigenvalue weighted by Gasteiger charge is 2.26. The molecule has 1 heterocycles. The summed E-state index contributed by atoms with van der Waals surface area (Å²) in [5.41, 5.74) is 2.45. The van der Waals surface area contributed by atoms with Crippen LogP contribution in [0.2, 0.25) is 0 Å². The quantitative estimate of drug-likeness (QED) is 0.332. The van der Waals surface area contributed by atoms with Crippen molar-refractivity contribution < 1.29 is 14.8 Å². The molecule has 7 nitrogen and oxygen atoms in total. The van der Waals surface area contributed by atoms with Crippen LogP contribution in [-0.4, -0.2) is 26.9 Å². The maximum Gasteiger partial charge on any atom is 0.275 e. The molecule has 0 bridgehead atoms. The van der Waals surface area contributed by atoms with Crippen molar-refractivity contribution >= 4 is 28.3 Å². The van der Waals surface area contributed by atoms with Gasteiger partial charge in [-0.05, 0) is 45.9 Å². The summed E-state index contributed by atoms with van der Waals surface area (Å²) in [6, 6.07) is 12.4. The van der Waals surface area contributed by atoms with E-state index < -0.39 is 11.0 Å². The Hall–Kier alpha value is -2.46. The molecule has 0 saturated heterocycles. The van der Waals surface area contributed by atoms with Gasteiger partial charge in [-0.15, -0.1) is 0 Å². The number of rotatable bonds is 6. The number of aryl methyl sites for hydroxylation is 1. The first-order valence-electron chi connectivity index (χ1n) is 8.17. The number of hydrogen-bond acceptors (Lipinski definition) is 5. The second-order valence-corrected chi connectivity index (χ2v) is 7.20. The van der Waals surface area contributed by atoms with Crippen LogP contribution in [-0.2, 0) is 13.5 Å². The molecule has 0 aliphatic rings. The Morgan fingerprint density at radius 3 is 2.70 bits per heavy atom. The minimum atomic E-state index is -1.15. The van der Waals surface area contributed by atoms with Gasteiger partial charge in [0, 0.05) is 19.5 Å². The van der Waals surface area contributed by atoms with E-state index in [1.165, 1.54) is 10.7 Å². The van der Waals surface area contributed by atoms with E-state index in [9.17, 15) is 15.2 Å². The summed E-state index contributed by atoms with van der Waals surface area (Å²) in [7, 11) is 3.30.